The number of ether oxygens (including phenoxy) is 2. The van der Waals surface area contributed by atoms with Crippen LogP contribution in [0.3, 0.4) is 0 Å². The van der Waals surface area contributed by atoms with E-state index in [9.17, 15) is 31.5 Å². The van der Waals surface area contributed by atoms with Gasteiger partial charge in [-0.15, -0.1) is 0 Å². The van der Waals surface area contributed by atoms with Crippen LogP contribution in [-0.2, 0) is 27.5 Å². The number of sulfonamides is 1. The number of methoxy groups -OCH3 is 1. The smallest absolute Gasteiger partial charge is 0.418 e. The van der Waals surface area contributed by atoms with E-state index >= 15 is 0 Å². The van der Waals surface area contributed by atoms with Gasteiger partial charge in [0.05, 0.1) is 28.4 Å². The Bertz CT molecular complexity index is 1430. The lowest BCUT2D eigenvalue weighted by molar-refractivity contribution is -0.136. The highest BCUT2D eigenvalue weighted by Gasteiger charge is 2.36. The summed E-state index contributed by atoms with van der Waals surface area (Å²) in [6.45, 7) is -0.322. The number of esters is 1. The Morgan fingerprint density at radius 3 is 2.59 bits per heavy atom. The van der Waals surface area contributed by atoms with Crippen LogP contribution < -0.4 is 9.46 Å². The summed E-state index contributed by atoms with van der Waals surface area (Å²) in [4.78, 5) is 15.9. The number of aromatic hydroxyl groups is 1. The number of phenols is 1. The van der Waals surface area contributed by atoms with Crippen LogP contribution in [0.25, 0.3) is 11.1 Å². The summed E-state index contributed by atoms with van der Waals surface area (Å²) < 4.78 is 79.2. The molecule has 4 bridgehead atoms. The molecule has 0 amide bonds. The van der Waals surface area contributed by atoms with Crippen molar-refractivity contribution in [2.75, 3.05) is 11.8 Å². The van der Waals surface area contributed by atoms with Crippen molar-refractivity contribution in [3.05, 3.63) is 63.8 Å². The second-order valence-corrected chi connectivity index (χ2v) is 9.63. The number of hydrogen-bond acceptors (Lipinski definition) is 7. The average molecular weight is 559 g/mol. The third-order valence-electron chi connectivity index (χ3n) is 4.97. The van der Waals surface area contributed by atoms with Crippen molar-refractivity contribution in [1.29, 1.82) is 0 Å². The predicted octanol–water partition coefficient (Wildman–Crippen LogP) is 4.72. The fourth-order valence-electron chi connectivity index (χ4n) is 3.33. The van der Waals surface area contributed by atoms with Crippen molar-refractivity contribution in [1.82, 2.24) is 4.98 Å². The molecule has 34 heavy (non-hydrogen) atoms. The molecule has 13 heteroatoms. The Hall–Kier alpha value is -3.32. The molecule has 2 heterocycles. The van der Waals surface area contributed by atoms with Crippen LogP contribution in [0.1, 0.15) is 21.5 Å². The first-order chi connectivity index (χ1) is 15.9. The molecule has 8 nitrogen and oxygen atoms in total. The third kappa shape index (κ3) is 4.40. The van der Waals surface area contributed by atoms with Crippen molar-refractivity contribution in [2.24, 2.45) is 0 Å². The highest BCUT2D eigenvalue weighted by molar-refractivity contribution is 9.10. The first-order valence-electron chi connectivity index (χ1n) is 9.37. The number of pyridine rings is 1. The Balaban J connectivity index is 2.03. The zero-order valence-corrected chi connectivity index (χ0v) is 19.5. The first-order valence-corrected chi connectivity index (χ1v) is 11.7. The maximum Gasteiger partial charge on any atom is 0.418 e. The van der Waals surface area contributed by atoms with Crippen molar-refractivity contribution >= 4 is 37.6 Å². The molecule has 1 aromatic heterocycles. The number of fused-ring (bicyclic) bond motifs is 6. The van der Waals surface area contributed by atoms with Crippen LogP contribution in [-0.4, -0.2) is 31.6 Å². The van der Waals surface area contributed by atoms with Gasteiger partial charge in [0.1, 0.15) is 17.3 Å². The van der Waals surface area contributed by atoms with Gasteiger partial charge in [-0.3, -0.25) is 4.72 Å². The topological polar surface area (TPSA) is 115 Å². The van der Waals surface area contributed by atoms with Crippen LogP contribution in [0.15, 0.2) is 52.0 Å². The lowest BCUT2D eigenvalue weighted by atomic mass is 9.99. The minimum absolute atomic E-state index is 0.168. The monoisotopic (exact) mass is 558 g/mol. The summed E-state index contributed by atoms with van der Waals surface area (Å²) in [6.07, 6.45) is -3.58. The third-order valence-corrected chi connectivity index (χ3v) is 6.95. The number of hydrogen-bond donors (Lipinski definition) is 2. The minimum Gasteiger partial charge on any atom is -0.505 e. The maximum absolute atomic E-state index is 13.7. The van der Waals surface area contributed by atoms with Crippen LogP contribution in [0, 0.1) is 0 Å². The fourth-order valence-corrected chi connectivity index (χ4v) is 5.14. The highest BCUT2D eigenvalue weighted by Crippen LogP contribution is 2.41. The Labute approximate surface area is 199 Å². The van der Waals surface area contributed by atoms with Crippen molar-refractivity contribution in [3.63, 3.8) is 0 Å². The SMILES string of the molecule is COc1cc2c(cn1)-c1ccc(C(F)(F)F)c(c1)NS(=O)(=O)c1cc(cc(Br)c1O)C(=O)OC2. The van der Waals surface area contributed by atoms with E-state index in [-0.39, 0.29) is 33.6 Å². The molecule has 0 atom stereocenters. The molecule has 1 aliphatic heterocycles. The van der Waals surface area contributed by atoms with E-state index in [1.807, 2.05) is 4.72 Å². The predicted molar refractivity (Wildman–Crippen MR) is 117 cm³/mol. The van der Waals surface area contributed by atoms with E-state index in [0.717, 1.165) is 30.3 Å². The lowest BCUT2D eigenvalue weighted by Crippen LogP contribution is -2.18. The van der Waals surface area contributed by atoms with Crippen molar-refractivity contribution in [2.45, 2.75) is 17.7 Å². The average Bonchev–Trinajstić information content (AvgIpc) is 2.77. The van der Waals surface area contributed by atoms with Gasteiger partial charge >= 0.3 is 12.1 Å². The molecule has 0 saturated heterocycles. The molecule has 0 unspecified atom stereocenters. The molecule has 0 spiro atoms. The zero-order valence-electron chi connectivity index (χ0n) is 17.1. The molecule has 0 saturated carbocycles. The molecule has 0 fully saturated rings. The standard InChI is InChI=1S/C21H14BrF3N2O6S/c1-32-18-7-12-9-33-20(29)11-4-15(22)19(28)17(6-11)34(30,31)27-16-5-10(13(12)8-26-18)2-3-14(16)21(23,24)25/h2-8,27-28H,9H2,1H3. The minimum atomic E-state index is -4.89. The molecule has 2 N–H and O–H groups in total. The lowest BCUT2D eigenvalue weighted by Gasteiger charge is -2.17. The van der Waals surface area contributed by atoms with E-state index in [1.165, 1.54) is 19.4 Å². The molecular weight excluding hydrogens is 545 g/mol. The number of cyclic esters (lactones) is 1. The summed E-state index contributed by atoms with van der Waals surface area (Å²) in [5, 5.41) is 10.3. The van der Waals surface area contributed by atoms with E-state index in [0.29, 0.717) is 5.56 Å². The molecule has 4 rings (SSSR count). The number of carbonyl (C=O) groups is 1. The number of carbonyl (C=O) groups excluding carboxylic acids is 1. The van der Waals surface area contributed by atoms with Crippen LogP contribution in [0.2, 0.25) is 0 Å². The van der Waals surface area contributed by atoms with E-state index < -0.39 is 44.1 Å². The van der Waals surface area contributed by atoms with Gasteiger partial charge in [-0.2, -0.15) is 13.2 Å². The van der Waals surface area contributed by atoms with Crippen LogP contribution in [0.4, 0.5) is 18.9 Å². The van der Waals surface area contributed by atoms with Crippen LogP contribution in [0.5, 0.6) is 11.6 Å². The van der Waals surface area contributed by atoms with Gasteiger partial charge in [0.25, 0.3) is 10.0 Å². The summed E-state index contributed by atoms with van der Waals surface area (Å²) in [6, 6.07) is 6.24. The normalized spacial score (nSPS) is 15.0. The number of nitrogens with one attached hydrogen (secondary N) is 1. The van der Waals surface area contributed by atoms with E-state index in [4.69, 9.17) is 9.47 Å². The number of rotatable bonds is 1. The summed E-state index contributed by atoms with van der Waals surface area (Å²) in [5.41, 5.74) is -1.47. The van der Waals surface area contributed by atoms with Crippen LogP contribution >= 0.6 is 15.9 Å². The van der Waals surface area contributed by atoms with Crippen molar-refractivity contribution < 1.29 is 41.0 Å². The molecule has 1 aliphatic rings. The Morgan fingerprint density at radius 1 is 1.18 bits per heavy atom. The molecule has 0 aliphatic carbocycles. The molecule has 0 radical (unpaired) electrons. The van der Waals surface area contributed by atoms with E-state index in [1.54, 1.807) is 0 Å². The summed E-state index contributed by atoms with van der Waals surface area (Å²) in [5.74, 6) is -1.55. The Kier molecular flexibility index (Phi) is 5.94. The number of aromatic nitrogens is 1. The maximum atomic E-state index is 13.7. The largest absolute Gasteiger partial charge is 0.505 e. The first kappa shape index (κ1) is 23.8. The van der Waals surface area contributed by atoms with Gasteiger partial charge in [-0.05, 0) is 45.8 Å². The van der Waals surface area contributed by atoms with Gasteiger partial charge in [0, 0.05) is 23.4 Å². The second-order valence-electron chi connectivity index (χ2n) is 7.13. The Morgan fingerprint density at radius 2 is 1.91 bits per heavy atom. The summed E-state index contributed by atoms with van der Waals surface area (Å²) >= 11 is 2.96. The van der Waals surface area contributed by atoms with E-state index in [2.05, 4.69) is 20.9 Å². The van der Waals surface area contributed by atoms with Gasteiger partial charge in [0.15, 0.2) is 0 Å². The zero-order chi connectivity index (χ0) is 24.8. The summed E-state index contributed by atoms with van der Waals surface area (Å²) in [7, 11) is -3.42. The van der Waals surface area contributed by atoms with Gasteiger partial charge in [0.2, 0.25) is 5.88 Å². The quantitative estimate of drug-likeness (QED) is 0.415. The number of alkyl halides is 3. The van der Waals surface area contributed by atoms with Gasteiger partial charge in [-0.1, -0.05) is 6.07 Å². The van der Waals surface area contributed by atoms with Gasteiger partial charge in [-0.25, -0.2) is 18.2 Å². The fraction of sp³-hybridized carbons (Fsp3) is 0.143. The number of halogens is 4. The molecule has 3 aromatic rings. The van der Waals surface area contributed by atoms with Crippen molar-refractivity contribution in [3.8, 4) is 22.8 Å². The molecule has 178 valence electrons. The number of nitrogens with zero attached hydrogens (tertiary/aromatic N) is 1. The highest BCUT2D eigenvalue weighted by atomic mass is 79.9. The number of anilines is 1. The van der Waals surface area contributed by atoms with Gasteiger partial charge < -0.3 is 14.6 Å². The second kappa shape index (κ2) is 8.47. The molecule has 2 aromatic carbocycles. The number of benzene rings is 2. The molecular formula is C21H14BrF3N2O6S. The number of phenolic OH excluding ortho intramolecular Hbond substituents is 1.